The highest BCUT2D eigenvalue weighted by molar-refractivity contribution is 6.36. The minimum Gasteiger partial charge on any atom is -0.255 e. The Morgan fingerprint density at radius 3 is 1.42 bits per heavy atom. The quantitative estimate of drug-likeness (QED) is 0.104. The fourth-order valence-corrected chi connectivity index (χ4v) is 4.78. The molecule has 2 heteroatoms. The number of hydrogen-bond donors (Lipinski definition) is 0. The zero-order valence-electron chi connectivity index (χ0n) is 24.3. The molecule has 0 aliphatic heterocycles. The molecule has 2 aromatic rings. The molecular weight excluding hydrogens is 460 g/mol. The summed E-state index contributed by atoms with van der Waals surface area (Å²) in [5.74, 6) is 0. The van der Waals surface area contributed by atoms with E-state index in [0.29, 0.717) is 0 Å². The molecule has 0 aliphatic rings. The van der Waals surface area contributed by atoms with Gasteiger partial charge in [-0.05, 0) is 43.2 Å². The van der Waals surface area contributed by atoms with Crippen molar-refractivity contribution in [2.24, 2.45) is 9.98 Å². The highest BCUT2D eigenvalue weighted by Crippen LogP contribution is 2.15. The molecule has 38 heavy (non-hydrogen) atoms. The zero-order chi connectivity index (χ0) is 26.8. The van der Waals surface area contributed by atoms with Gasteiger partial charge in [0.05, 0.1) is 23.3 Å². The summed E-state index contributed by atoms with van der Waals surface area (Å²) >= 11 is 0. The first-order valence-electron chi connectivity index (χ1n) is 15.8. The molecule has 2 rings (SSSR count). The first kappa shape index (κ1) is 31.7. The molecule has 0 heterocycles. The Morgan fingerprint density at radius 1 is 0.526 bits per heavy atom. The number of aliphatic imine (C=N–C) groups is 2. The lowest BCUT2D eigenvalue weighted by atomic mass is 10.0. The summed E-state index contributed by atoms with van der Waals surface area (Å²) in [4.78, 5) is 9.37. The van der Waals surface area contributed by atoms with E-state index >= 15 is 0 Å². The summed E-state index contributed by atoms with van der Waals surface area (Å²) < 4.78 is 0. The first-order chi connectivity index (χ1) is 18.9. The molecule has 0 unspecified atom stereocenters. The Balaban J connectivity index is 1.48. The van der Waals surface area contributed by atoms with Crippen LogP contribution < -0.4 is 0 Å². The number of benzene rings is 2. The van der Waals surface area contributed by atoms with Gasteiger partial charge in [-0.25, -0.2) is 4.99 Å². The molecule has 0 aromatic heterocycles. The fourth-order valence-electron chi connectivity index (χ4n) is 4.78. The van der Waals surface area contributed by atoms with Crippen LogP contribution in [0.15, 0.2) is 82.8 Å². The molecule has 0 atom stereocenters. The van der Waals surface area contributed by atoms with Crippen LogP contribution in [-0.2, 0) is 0 Å². The molecule has 208 valence electrons. The van der Waals surface area contributed by atoms with Gasteiger partial charge < -0.3 is 0 Å². The molecule has 0 radical (unpaired) electrons. The second-order valence-electron chi connectivity index (χ2n) is 10.7. The Morgan fingerprint density at radius 2 is 0.947 bits per heavy atom. The topological polar surface area (TPSA) is 24.7 Å². The molecule has 0 N–H and O–H groups in total. The molecule has 0 spiro atoms. The van der Waals surface area contributed by atoms with Crippen molar-refractivity contribution >= 4 is 23.3 Å². The van der Waals surface area contributed by atoms with Crippen LogP contribution >= 0.6 is 0 Å². The Hall–Kier alpha value is -2.48. The lowest BCUT2D eigenvalue weighted by Gasteiger charge is -2.03. The van der Waals surface area contributed by atoms with E-state index in [1.807, 2.05) is 66.9 Å². The average molecular weight is 515 g/mol. The van der Waals surface area contributed by atoms with Crippen molar-refractivity contribution in [3.05, 3.63) is 72.8 Å². The molecule has 0 amide bonds. The number of allylic oxidation sites excluding steroid dienone is 2. The largest absolute Gasteiger partial charge is 0.255 e. The van der Waals surface area contributed by atoms with E-state index in [0.717, 1.165) is 23.5 Å². The van der Waals surface area contributed by atoms with E-state index in [1.165, 1.54) is 116 Å². The van der Waals surface area contributed by atoms with Crippen LogP contribution in [0.5, 0.6) is 0 Å². The van der Waals surface area contributed by atoms with Gasteiger partial charge in [0.15, 0.2) is 0 Å². The van der Waals surface area contributed by atoms with Crippen LogP contribution in [0.2, 0.25) is 0 Å². The van der Waals surface area contributed by atoms with Crippen LogP contribution in [0.25, 0.3) is 0 Å². The van der Waals surface area contributed by atoms with Crippen LogP contribution in [0.4, 0.5) is 11.4 Å². The minimum atomic E-state index is 0.891. The van der Waals surface area contributed by atoms with Gasteiger partial charge in [-0.15, -0.1) is 0 Å². The van der Waals surface area contributed by atoms with Crippen molar-refractivity contribution in [1.29, 1.82) is 0 Å². The molecule has 2 nitrogen and oxygen atoms in total. The van der Waals surface area contributed by atoms with Gasteiger partial charge in [-0.1, -0.05) is 159 Å². The van der Waals surface area contributed by atoms with Gasteiger partial charge in [0.1, 0.15) is 0 Å². The van der Waals surface area contributed by atoms with Crippen molar-refractivity contribution in [3.63, 3.8) is 0 Å². The number of hydrogen-bond acceptors (Lipinski definition) is 2. The first-order valence-corrected chi connectivity index (χ1v) is 15.8. The molecule has 0 fully saturated rings. The lowest BCUT2D eigenvalue weighted by Crippen LogP contribution is -1.94. The van der Waals surface area contributed by atoms with Gasteiger partial charge in [0.25, 0.3) is 0 Å². The number of rotatable bonds is 23. The predicted molar refractivity (Wildman–Crippen MR) is 171 cm³/mol. The zero-order valence-corrected chi connectivity index (χ0v) is 24.3. The second kappa shape index (κ2) is 23.6. The molecular formula is C36H54N2. The number of nitrogens with zero attached hydrogens (tertiary/aromatic N) is 2. The maximum absolute atomic E-state index is 4.77. The van der Waals surface area contributed by atoms with Crippen molar-refractivity contribution < 1.29 is 0 Å². The maximum Gasteiger partial charge on any atom is 0.0816 e. The van der Waals surface area contributed by atoms with Crippen molar-refractivity contribution in [2.45, 2.75) is 129 Å². The Labute approximate surface area is 234 Å². The molecule has 0 bridgehead atoms. The van der Waals surface area contributed by atoms with Gasteiger partial charge >= 0.3 is 0 Å². The minimum absolute atomic E-state index is 0.891. The predicted octanol–water partition coefficient (Wildman–Crippen LogP) is 12.1. The second-order valence-corrected chi connectivity index (χ2v) is 10.7. The molecule has 0 saturated heterocycles. The third-order valence-electron chi connectivity index (χ3n) is 7.13. The highest BCUT2D eigenvalue weighted by Gasteiger charge is 1.96. The van der Waals surface area contributed by atoms with E-state index in [-0.39, 0.29) is 0 Å². The highest BCUT2D eigenvalue weighted by atomic mass is 14.8. The average Bonchev–Trinajstić information content (AvgIpc) is 2.96. The van der Waals surface area contributed by atoms with Crippen molar-refractivity contribution in [2.75, 3.05) is 0 Å². The number of unbranched alkanes of at least 4 members (excludes halogenated alkanes) is 18. The Bertz CT molecular complexity index is 867. The monoisotopic (exact) mass is 514 g/mol. The Kier molecular flexibility index (Phi) is 19.7. The molecule has 2 aromatic carbocycles. The van der Waals surface area contributed by atoms with Crippen LogP contribution in [0.1, 0.15) is 129 Å². The maximum atomic E-state index is 4.77. The standard InChI is InChI=1S/C36H54N2/c1-2-3-4-5-6-7-8-9-10-11-12-13-14-15-16-17-18-19-20-23-32-36(38-35-30-26-22-27-31-35)33-37-34-28-24-21-25-29-34/h21-33H,2-20H2,1H3/b32-23+,37-33?,38-36?. The van der Waals surface area contributed by atoms with E-state index in [1.54, 1.807) is 0 Å². The van der Waals surface area contributed by atoms with Crippen molar-refractivity contribution in [3.8, 4) is 0 Å². The summed E-state index contributed by atoms with van der Waals surface area (Å²) in [7, 11) is 0. The third-order valence-corrected chi connectivity index (χ3v) is 7.13. The van der Waals surface area contributed by atoms with Gasteiger partial charge in [0, 0.05) is 0 Å². The third kappa shape index (κ3) is 17.9. The van der Waals surface area contributed by atoms with E-state index in [9.17, 15) is 0 Å². The van der Waals surface area contributed by atoms with Crippen LogP contribution in [0, 0.1) is 0 Å². The fraction of sp³-hybridized carbons (Fsp3) is 0.556. The summed E-state index contributed by atoms with van der Waals surface area (Å²) in [6, 6.07) is 20.2. The molecule has 0 aliphatic carbocycles. The summed E-state index contributed by atoms with van der Waals surface area (Å²) in [5, 5.41) is 0. The van der Waals surface area contributed by atoms with Gasteiger partial charge in [0.2, 0.25) is 0 Å². The van der Waals surface area contributed by atoms with Gasteiger partial charge in [-0.3, -0.25) is 4.99 Å². The van der Waals surface area contributed by atoms with Gasteiger partial charge in [-0.2, -0.15) is 0 Å². The van der Waals surface area contributed by atoms with Crippen LogP contribution in [-0.4, -0.2) is 11.9 Å². The summed E-state index contributed by atoms with van der Waals surface area (Å²) in [6.07, 6.45) is 32.9. The molecule has 0 saturated carbocycles. The van der Waals surface area contributed by atoms with E-state index in [2.05, 4.69) is 24.1 Å². The van der Waals surface area contributed by atoms with Crippen molar-refractivity contribution in [1.82, 2.24) is 0 Å². The smallest absolute Gasteiger partial charge is 0.0816 e. The van der Waals surface area contributed by atoms with Crippen LogP contribution in [0.3, 0.4) is 0 Å². The normalized spacial score (nSPS) is 12.2. The van der Waals surface area contributed by atoms with E-state index in [4.69, 9.17) is 4.99 Å². The SMILES string of the molecule is CCCCCCCCCCCCCCCCCCCC/C=C/C(C=Nc1ccccc1)=Nc1ccccc1. The lowest BCUT2D eigenvalue weighted by molar-refractivity contribution is 0.525. The summed E-state index contributed by atoms with van der Waals surface area (Å²) in [6.45, 7) is 2.30. The van der Waals surface area contributed by atoms with E-state index < -0.39 is 0 Å². The number of para-hydroxylation sites is 2. The summed E-state index contributed by atoms with van der Waals surface area (Å²) in [5.41, 5.74) is 2.80.